The predicted octanol–water partition coefficient (Wildman–Crippen LogP) is 16.5. The summed E-state index contributed by atoms with van der Waals surface area (Å²) in [5.41, 5.74) is 17.4. The second-order valence-corrected chi connectivity index (χ2v) is 17.1. The summed E-state index contributed by atoms with van der Waals surface area (Å²) in [5.74, 6) is 0. The van der Waals surface area contributed by atoms with Crippen LogP contribution in [0.5, 0.6) is 0 Å². The second-order valence-electron chi connectivity index (χ2n) is 17.1. The van der Waals surface area contributed by atoms with E-state index in [0.717, 1.165) is 50.1 Å². The van der Waals surface area contributed by atoms with E-state index in [-0.39, 0.29) is 0 Å². The molecule has 1 heterocycles. The molecule has 2 aliphatic rings. The molecule has 0 unspecified atom stereocenters. The molecule has 0 N–H and O–H groups in total. The van der Waals surface area contributed by atoms with Gasteiger partial charge in [-0.25, -0.2) is 0 Å². The van der Waals surface area contributed by atoms with Crippen molar-refractivity contribution in [2.24, 2.45) is 0 Å². The van der Waals surface area contributed by atoms with Gasteiger partial charge in [0.1, 0.15) is 11.2 Å². The van der Waals surface area contributed by atoms with Gasteiger partial charge in [-0.3, -0.25) is 0 Å². The van der Waals surface area contributed by atoms with Crippen LogP contribution in [0.25, 0.3) is 87.6 Å². The van der Waals surface area contributed by atoms with E-state index in [0.29, 0.717) is 0 Å². The van der Waals surface area contributed by atoms with E-state index in [9.17, 15) is 0 Å². The zero-order chi connectivity index (χ0) is 41.2. The number of hydrogen-bond donors (Lipinski definition) is 0. The van der Waals surface area contributed by atoms with Crippen molar-refractivity contribution >= 4 is 71.3 Å². The molecule has 14 rings (SSSR count). The standard InChI is InChI=1S/C61H37NO/c1-2-18-43-41(17-1)42-19-3-4-24-49(42)60-50(43)25-15-30-57(60)62(56-29-13-8-16-40(56)38-32-35-59-51(36-38)48-23-9-14-31-58(48)63-59)39-33-34-47-46-22-7-12-28-54(46)61(55(47)37-39)52-26-10-5-20-44(52)45-21-6-11-27-53(45)61/h1-37H. The largest absolute Gasteiger partial charge is 0.456 e. The molecule has 11 aromatic carbocycles. The summed E-state index contributed by atoms with van der Waals surface area (Å²) < 4.78 is 6.34. The van der Waals surface area contributed by atoms with Crippen molar-refractivity contribution in [2.75, 3.05) is 4.90 Å². The fourth-order valence-electron chi connectivity index (χ4n) is 11.6. The first-order valence-corrected chi connectivity index (χ1v) is 21.8. The number of para-hydroxylation sites is 2. The molecule has 2 aliphatic carbocycles. The normalized spacial score (nSPS) is 13.2. The Hall–Kier alpha value is -8.20. The first kappa shape index (κ1) is 34.5. The average Bonchev–Trinajstić information content (AvgIpc) is 3.98. The number of benzene rings is 11. The van der Waals surface area contributed by atoms with E-state index in [2.05, 4.69) is 223 Å². The fraction of sp³-hybridized carbons (Fsp3) is 0.0164. The van der Waals surface area contributed by atoms with E-state index in [1.807, 2.05) is 6.07 Å². The zero-order valence-electron chi connectivity index (χ0n) is 34.2. The van der Waals surface area contributed by atoms with Gasteiger partial charge in [-0.2, -0.15) is 0 Å². The number of furan rings is 1. The highest BCUT2D eigenvalue weighted by Gasteiger charge is 2.51. The number of rotatable bonds is 4. The third kappa shape index (κ3) is 4.62. The van der Waals surface area contributed by atoms with Crippen LogP contribution in [-0.2, 0) is 5.41 Å². The molecule has 12 aromatic rings. The van der Waals surface area contributed by atoms with Crippen molar-refractivity contribution in [3.63, 3.8) is 0 Å². The van der Waals surface area contributed by atoms with Gasteiger partial charge in [-0.15, -0.1) is 0 Å². The topological polar surface area (TPSA) is 16.4 Å². The first-order chi connectivity index (χ1) is 31.3. The van der Waals surface area contributed by atoms with E-state index in [1.54, 1.807) is 0 Å². The molecule has 0 fully saturated rings. The highest BCUT2D eigenvalue weighted by molar-refractivity contribution is 6.29. The van der Waals surface area contributed by atoms with Gasteiger partial charge in [0.25, 0.3) is 0 Å². The Bertz CT molecular complexity index is 3780. The molecule has 0 saturated carbocycles. The highest BCUT2D eigenvalue weighted by atomic mass is 16.3. The average molecular weight is 800 g/mol. The van der Waals surface area contributed by atoms with Gasteiger partial charge in [0, 0.05) is 27.4 Å². The molecule has 0 radical (unpaired) electrons. The van der Waals surface area contributed by atoms with Crippen LogP contribution in [0, 0.1) is 0 Å². The van der Waals surface area contributed by atoms with Crippen LogP contribution in [0.1, 0.15) is 22.3 Å². The first-order valence-electron chi connectivity index (χ1n) is 21.8. The molecule has 63 heavy (non-hydrogen) atoms. The Morgan fingerprint density at radius 3 is 1.44 bits per heavy atom. The van der Waals surface area contributed by atoms with Crippen molar-refractivity contribution in [1.82, 2.24) is 0 Å². The maximum absolute atomic E-state index is 6.34. The van der Waals surface area contributed by atoms with Crippen molar-refractivity contribution in [1.29, 1.82) is 0 Å². The number of anilines is 3. The molecule has 292 valence electrons. The van der Waals surface area contributed by atoms with Gasteiger partial charge in [0.05, 0.1) is 16.8 Å². The molecule has 2 nitrogen and oxygen atoms in total. The maximum Gasteiger partial charge on any atom is 0.135 e. The summed E-state index contributed by atoms with van der Waals surface area (Å²) in [6, 6.07) is 83.1. The van der Waals surface area contributed by atoms with E-state index in [4.69, 9.17) is 4.42 Å². The molecular weight excluding hydrogens is 763 g/mol. The lowest BCUT2D eigenvalue weighted by Crippen LogP contribution is -2.26. The van der Waals surface area contributed by atoms with Gasteiger partial charge in [-0.05, 0) is 119 Å². The Labute approximate surface area is 364 Å². The molecule has 0 amide bonds. The Morgan fingerprint density at radius 1 is 0.302 bits per heavy atom. The minimum atomic E-state index is -0.477. The van der Waals surface area contributed by atoms with Crippen LogP contribution in [0.15, 0.2) is 229 Å². The lowest BCUT2D eigenvalue weighted by molar-refractivity contribution is 0.669. The van der Waals surface area contributed by atoms with Crippen LogP contribution in [-0.4, -0.2) is 0 Å². The highest BCUT2D eigenvalue weighted by Crippen LogP contribution is 2.63. The summed E-state index contributed by atoms with van der Waals surface area (Å²) in [4.78, 5) is 2.54. The maximum atomic E-state index is 6.34. The van der Waals surface area contributed by atoms with Crippen molar-refractivity contribution in [3.8, 4) is 33.4 Å². The Kier molecular flexibility index (Phi) is 7.07. The molecular formula is C61H37NO. The van der Waals surface area contributed by atoms with Crippen molar-refractivity contribution < 1.29 is 4.42 Å². The monoisotopic (exact) mass is 799 g/mol. The minimum absolute atomic E-state index is 0.477. The lowest BCUT2D eigenvalue weighted by Gasteiger charge is -2.33. The summed E-state index contributed by atoms with van der Waals surface area (Å²) in [6.45, 7) is 0. The lowest BCUT2D eigenvalue weighted by atomic mass is 9.70. The van der Waals surface area contributed by atoms with Gasteiger partial charge in [-0.1, -0.05) is 182 Å². The number of fused-ring (bicyclic) bond motifs is 19. The summed E-state index contributed by atoms with van der Waals surface area (Å²) in [5, 5.41) is 9.70. The second kappa shape index (κ2) is 12.9. The van der Waals surface area contributed by atoms with Crippen molar-refractivity contribution in [2.45, 2.75) is 5.41 Å². The minimum Gasteiger partial charge on any atom is -0.456 e. The molecule has 1 aromatic heterocycles. The quantitative estimate of drug-likeness (QED) is 0.165. The Balaban J connectivity index is 1.10. The van der Waals surface area contributed by atoms with Gasteiger partial charge in [0.15, 0.2) is 0 Å². The third-order valence-electron chi connectivity index (χ3n) is 14.1. The fourth-order valence-corrected chi connectivity index (χ4v) is 11.6. The van der Waals surface area contributed by atoms with E-state index >= 15 is 0 Å². The molecule has 0 bridgehead atoms. The Morgan fingerprint density at radius 2 is 0.778 bits per heavy atom. The van der Waals surface area contributed by atoms with Crippen LogP contribution >= 0.6 is 0 Å². The van der Waals surface area contributed by atoms with Gasteiger partial charge in [0.2, 0.25) is 0 Å². The molecule has 0 saturated heterocycles. The predicted molar refractivity (Wildman–Crippen MR) is 263 cm³/mol. The molecule has 0 aliphatic heterocycles. The van der Waals surface area contributed by atoms with E-state index in [1.165, 1.54) is 76.8 Å². The smallest absolute Gasteiger partial charge is 0.135 e. The summed E-state index contributed by atoms with van der Waals surface area (Å²) in [7, 11) is 0. The van der Waals surface area contributed by atoms with Crippen LogP contribution in [0.4, 0.5) is 17.1 Å². The molecule has 1 spiro atoms. The number of hydrogen-bond acceptors (Lipinski definition) is 2. The van der Waals surface area contributed by atoms with Crippen LogP contribution in [0.2, 0.25) is 0 Å². The molecule has 2 heteroatoms. The van der Waals surface area contributed by atoms with Gasteiger partial charge >= 0.3 is 0 Å². The van der Waals surface area contributed by atoms with E-state index < -0.39 is 5.41 Å². The van der Waals surface area contributed by atoms with Gasteiger partial charge < -0.3 is 9.32 Å². The summed E-state index contributed by atoms with van der Waals surface area (Å²) in [6.07, 6.45) is 0. The zero-order valence-corrected chi connectivity index (χ0v) is 34.2. The SMILES string of the molecule is c1ccc(N(c2ccc3c(c2)C2(c4ccccc4-c4ccccc42)c2ccccc2-3)c2cccc3c4ccccc4c4ccccc4c23)c(-c2ccc3oc4ccccc4c3c2)c1. The third-order valence-corrected chi connectivity index (χ3v) is 14.1. The van der Waals surface area contributed by atoms with Crippen molar-refractivity contribution in [3.05, 3.63) is 247 Å². The molecule has 0 atom stereocenters. The van der Waals surface area contributed by atoms with Crippen LogP contribution in [0.3, 0.4) is 0 Å². The number of nitrogens with zero attached hydrogens (tertiary/aromatic N) is 1. The summed E-state index contributed by atoms with van der Waals surface area (Å²) >= 11 is 0. The van der Waals surface area contributed by atoms with Crippen LogP contribution < -0.4 is 4.90 Å².